The third kappa shape index (κ3) is 5.67. The van der Waals surface area contributed by atoms with Gasteiger partial charge in [0.05, 0.1) is 18.1 Å². The highest BCUT2D eigenvalue weighted by Gasteiger charge is 2.29. The summed E-state index contributed by atoms with van der Waals surface area (Å²) in [5.74, 6) is 1.34. The van der Waals surface area contributed by atoms with Gasteiger partial charge in [0, 0.05) is 18.6 Å². The summed E-state index contributed by atoms with van der Waals surface area (Å²) in [6, 6.07) is 0.0506. The topological polar surface area (TPSA) is 55.4 Å². The van der Waals surface area contributed by atoms with E-state index in [1.54, 1.807) is 0 Å². The number of hydrogen-bond acceptors (Lipinski definition) is 4. The summed E-state index contributed by atoms with van der Waals surface area (Å²) in [6.07, 6.45) is 1.72. The zero-order valence-corrected chi connectivity index (χ0v) is 12.6. The second kappa shape index (κ2) is 7.46. The van der Waals surface area contributed by atoms with Crippen molar-refractivity contribution in [3.63, 3.8) is 0 Å². The Morgan fingerprint density at radius 2 is 2.11 bits per heavy atom. The molecule has 2 atom stereocenters. The van der Waals surface area contributed by atoms with Crippen LogP contribution in [0.15, 0.2) is 0 Å². The Labute approximate surface area is 111 Å². The van der Waals surface area contributed by atoms with Crippen LogP contribution in [0.25, 0.3) is 0 Å². The minimum Gasteiger partial charge on any atom is -0.381 e. The lowest BCUT2D eigenvalue weighted by atomic mass is 10.0. The number of sulfone groups is 1. The molecule has 0 saturated carbocycles. The maximum atomic E-state index is 12.1. The van der Waals surface area contributed by atoms with E-state index in [9.17, 15) is 8.42 Å². The van der Waals surface area contributed by atoms with Crippen molar-refractivity contribution in [2.75, 3.05) is 31.3 Å². The fourth-order valence-electron chi connectivity index (χ4n) is 2.27. The van der Waals surface area contributed by atoms with Crippen molar-refractivity contribution < 1.29 is 13.2 Å². The molecule has 108 valence electrons. The highest BCUT2D eigenvalue weighted by atomic mass is 32.2. The van der Waals surface area contributed by atoms with Crippen LogP contribution in [0.4, 0.5) is 0 Å². The highest BCUT2D eigenvalue weighted by Crippen LogP contribution is 2.19. The van der Waals surface area contributed by atoms with Crippen molar-refractivity contribution in [3.05, 3.63) is 0 Å². The molecule has 4 nitrogen and oxygen atoms in total. The molecule has 1 N–H and O–H groups in total. The van der Waals surface area contributed by atoms with Gasteiger partial charge in [-0.05, 0) is 25.3 Å². The van der Waals surface area contributed by atoms with Gasteiger partial charge in [0.15, 0.2) is 9.84 Å². The van der Waals surface area contributed by atoms with Gasteiger partial charge in [0.25, 0.3) is 0 Å². The Hall–Kier alpha value is -0.130. The lowest BCUT2D eigenvalue weighted by molar-refractivity contribution is 0.179. The number of nitrogens with one attached hydrogen (secondary N) is 1. The minimum absolute atomic E-state index is 0.0506. The summed E-state index contributed by atoms with van der Waals surface area (Å²) in [6.45, 7) is 8.39. The average Bonchev–Trinajstić information content (AvgIpc) is 2.79. The molecular weight excluding hydrogens is 250 g/mol. The van der Waals surface area contributed by atoms with E-state index in [4.69, 9.17) is 4.74 Å². The molecule has 0 aromatic rings. The van der Waals surface area contributed by atoms with Crippen LogP contribution in [0, 0.1) is 11.8 Å². The van der Waals surface area contributed by atoms with Crippen molar-refractivity contribution >= 4 is 9.84 Å². The van der Waals surface area contributed by atoms with Gasteiger partial charge in [0.2, 0.25) is 0 Å². The second-order valence-corrected chi connectivity index (χ2v) is 7.81. The summed E-state index contributed by atoms with van der Waals surface area (Å²) in [5.41, 5.74) is 0. The van der Waals surface area contributed by atoms with E-state index in [-0.39, 0.29) is 11.8 Å². The summed E-state index contributed by atoms with van der Waals surface area (Å²) in [5, 5.41) is 3.31. The Morgan fingerprint density at radius 1 is 1.39 bits per heavy atom. The van der Waals surface area contributed by atoms with Gasteiger partial charge in [-0.25, -0.2) is 8.42 Å². The van der Waals surface area contributed by atoms with E-state index >= 15 is 0 Å². The predicted octanol–water partition coefficient (Wildman–Crippen LogP) is 1.46. The summed E-state index contributed by atoms with van der Waals surface area (Å²) < 4.78 is 29.6. The van der Waals surface area contributed by atoms with Crippen LogP contribution in [0.1, 0.15) is 33.6 Å². The molecule has 1 aliphatic heterocycles. The van der Waals surface area contributed by atoms with Crippen LogP contribution in [0.3, 0.4) is 0 Å². The largest absolute Gasteiger partial charge is 0.381 e. The van der Waals surface area contributed by atoms with E-state index in [1.165, 1.54) is 0 Å². The molecule has 0 amide bonds. The third-order valence-corrected chi connectivity index (χ3v) is 5.16. The lowest BCUT2D eigenvalue weighted by Crippen LogP contribution is -2.42. The maximum absolute atomic E-state index is 12.1. The summed E-state index contributed by atoms with van der Waals surface area (Å²) in [4.78, 5) is 0. The summed E-state index contributed by atoms with van der Waals surface area (Å²) >= 11 is 0. The SMILES string of the molecule is CCNC(CS(=O)(=O)CCC(C)C)C1CCOC1. The molecule has 0 spiro atoms. The number of hydrogen-bond donors (Lipinski definition) is 1. The van der Waals surface area contributed by atoms with E-state index in [1.807, 2.05) is 6.92 Å². The van der Waals surface area contributed by atoms with Crippen LogP contribution >= 0.6 is 0 Å². The monoisotopic (exact) mass is 277 g/mol. The zero-order chi connectivity index (χ0) is 13.6. The maximum Gasteiger partial charge on any atom is 0.151 e. The second-order valence-electron chi connectivity index (χ2n) is 5.58. The van der Waals surface area contributed by atoms with Gasteiger partial charge in [-0.3, -0.25) is 0 Å². The molecule has 1 saturated heterocycles. The molecule has 1 heterocycles. The highest BCUT2D eigenvalue weighted by molar-refractivity contribution is 7.91. The minimum atomic E-state index is -2.95. The van der Waals surface area contributed by atoms with E-state index in [0.717, 1.165) is 26.0 Å². The average molecular weight is 277 g/mol. The normalized spacial score (nSPS) is 22.6. The first-order chi connectivity index (χ1) is 8.44. The quantitative estimate of drug-likeness (QED) is 0.730. The van der Waals surface area contributed by atoms with Gasteiger partial charge in [-0.2, -0.15) is 0 Å². The summed E-state index contributed by atoms with van der Waals surface area (Å²) in [7, 11) is -2.95. The first-order valence-electron chi connectivity index (χ1n) is 6.96. The molecule has 0 bridgehead atoms. The third-order valence-electron chi connectivity index (χ3n) is 3.44. The Morgan fingerprint density at radius 3 is 2.61 bits per heavy atom. The predicted molar refractivity (Wildman–Crippen MR) is 74.5 cm³/mol. The number of rotatable bonds is 8. The van der Waals surface area contributed by atoms with Gasteiger partial charge in [-0.1, -0.05) is 20.8 Å². The molecule has 0 aliphatic carbocycles. The first-order valence-corrected chi connectivity index (χ1v) is 8.78. The van der Waals surface area contributed by atoms with Crippen LogP contribution in [0.2, 0.25) is 0 Å². The molecule has 0 aromatic heterocycles. The van der Waals surface area contributed by atoms with Gasteiger partial charge < -0.3 is 10.1 Å². The van der Waals surface area contributed by atoms with Gasteiger partial charge >= 0.3 is 0 Å². The molecule has 0 aromatic carbocycles. The van der Waals surface area contributed by atoms with Crippen molar-refractivity contribution in [1.82, 2.24) is 5.32 Å². The Kier molecular flexibility index (Phi) is 6.60. The standard InChI is InChI=1S/C13H27NO3S/c1-4-14-13(12-5-7-17-9-12)10-18(15,16)8-6-11(2)3/h11-14H,4-10H2,1-3H3. The van der Waals surface area contributed by atoms with Crippen molar-refractivity contribution in [2.24, 2.45) is 11.8 Å². The molecule has 2 unspecified atom stereocenters. The number of ether oxygens (including phenoxy) is 1. The molecule has 18 heavy (non-hydrogen) atoms. The smallest absolute Gasteiger partial charge is 0.151 e. The van der Waals surface area contributed by atoms with E-state index in [0.29, 0.717) is 24.2 Å². The fraction of sp³-hybridized carbons (Fsp3) is 1.00. The molecule has 0 radical (unpaired) electrons. The van der Waals surface area contributed by atoms with Crippen LogP contribution in [0.5, 0.6) is 0 Å². The van der Waals surface area contributed by atoms with Crippen LogP contribution in [-0.2, 0) is 14.6 Å². The first kappa shape index (κ1) is 15.9. The van der Waals surface area contributed by atoms with E-state index < -0.39 is 9.84 Å². The zero-order valence-electron chi connectivity index (χ0n) is 11.8. The fourth-order valence-corrected chi connectivity index (χ4v) is 4.20. The van der Waals surface area contributed by atoms with Gasteiger partial charge in [-0.15, -0.1) is 0 Å². The van der Waals surface area contributed by atoms with Crippen LogP contribution < -0.4 is 5.32 Å². The Balaban J connectivity index is 2.53. The van der Waals surface area contributed by atoms with Gasteiger partial charge in [0.1, 0.15) is 0 Å². The molecular formula is C13H27NO3S. The molecule has 1 fully saturated rings. The lowest BCUT2D eigenvalue weighted by Gasteiger charge is -2.23. The van der Waals surface area contributed by atoms with Crippen molar-refractivity contribution in [3.8, 4) is 0 Å². The Bertz CT molecular complexity index is 321. The molecule has 5 heteroatoms. The van der Waals surface area contributed by atoms with Crippen LogP contribution in [-0.4, -0.2) is 45.7 Å². The van der Waals surface area contributed by atoms with Crippen molar-refractivity contribution in [1.29, 1.82) is 0 Å². The van der Waals surface area contributed by atoms with Crippen molar-refractivity contribution in [2.45, 2.75) is 39.7 Å². The van der Waals surface area contributed by atoms with E-state index in [2.05, 4.69) is 19.2 Å². The molecule has 1 rings (SSSR count). The molecule has 1 aliphatic rings.